The number of halogens is 1. The molecule has 2 atom stereocenters. The first kappa shape index (κ1) is 11.7. The Morgan fingerprint density at radius 2 is 2.44 bits per heavy atom. The number of fused-ring (bicyclic) bond motifs is 1. The van der Waals surface area contributed by atoms with E-state index in [2.05, 4.69) is 15.3 Å². The first-order chi connectivity index (χ1) is 8.63. The summed E-state index contributed by atoms with van der Waals surface area (Å²) in [5.74, 6) is 0.563. The van der Waals surface area contributed by atoms with Crippen LogP contribution in [0.15, 0.2) is 6.20 Å². The van der Waals surface area contributed by atoms with Gasteiger partial charge in [-0.1, -0.05) is 11.6 Å². The van der Waals surface area contributed by atoms with E-state index in [0.717, 1.165) is 5.69 Å². The number of hydrogen-bond acceptors (Lipinski definition) is 5. The molecule has 0 aliphatic carbocycles. The van der Waals surface area contributed by atoms with Crippen LogP contribution in [0, 0.1) is 0 Å². The van der Waals surface area contributed by atoms with Crippen LogP contribution >= 0.6 is 11.6 Å². The summed E-state index contributed by atoms with van der Waals surface area (Å²) in [7, 11) is 0. The lowest BCUT2D eigenvalue weighted by Crippen LogP contribution is -2.47. The molecule has 3 rings (SSSR count). The monoisotopic (exact) mass is 268 g/mol. The fraction of sp³-hybridized carbons (Fsp3) is 0.545. The fourth-order valence-corrected chi connectivity index (χ4v) is 2.35. The van der Waals surface area contributed by atoms with Gasteiger partial charge in [-0.2, -0.15) is 0 Å². The zero-order valence-corrected chi connectivity index (χ0v) is 10.6. The van der Waals surface area contributed by atoms with Crippen LogP contribution in [0.2, 0.25) is 0 Å². The van der Waals surface area contributed by atoms with E-state index in [4.69, 9.17) is 16.3 Å². The van der Waals surface area contributed by atoms with Crippen molar-refractivity contribution in [2.75, 3.05) is 23.4 Å². The van der Waals surface area contributed by atoms with Gasteiger partial charge in [0.1, 0.15) is 5.56 Å². The average Bonchev–Trinajstić information content (AvgIpc) is 2.71. The number of aromatic nitrogens is 2. The smallest absolute Gasteiger partial charge is 0.230 e. The maximum Gasteiger partial charge on any atom is 0.230 e. The molecule has 0 saturated carbocycles. The molecule has 2 aliphatic heterocycles. The Morgan fingerprint density at radius 3 is 3.28 bits per heavy atom. The molecule has 0 radical (unpaired) electrons. The van der Waals surface area contributed by atoms with Crippen molar-refractivity contribution < 1.29 is 9.53 Å². The Balaban J connectivity index is 1.88. The third-order valence-corrected chi connectivity index (χ3v) is 3.37. The van der Waals surface area contributed by atoms with Gasteiger partial charge in [0.05, 0.1) is 43.2 Å². The summed E-state index contributed by atoms with van der Waals surface area (Å²) in [5, 5.41) is 2.71. The first-order valence-electron chi connectivity index (χ1n) is 5.81. The molecule has 1 fully saturated rings. The van der Waals surface area contributed by atoms with E-state index in [9.17, 15) is 4.79 Å². The topological polar surface area (TPSA) is 67.3 Å². The Hall–Kier alpha value is -1.40. The molecule has 2 unspecified atom stereocenters. The summed E-state index contributed by atoms with van der Waals surface area (Å²) in [6.45, 7) is 3.12. The number of alkyl halides is 1. The van der Waals surface area contributed by atoms with Crippen LogP contribution in [0.25, 0.3) is 0 Å². The van der Waals surface area contributed by atoms with Crippen molar-refractivity contribution in [1.82, 2.24) is 9.97 Å². The lowest BCUT2D eigenvalue weighted by atomic mass is 10.2. The van der Waals surface area contributed by atoms with Crippen LogP contribution in [0.5, 0.6) is 0 Å². The van der Waals surface area contributed by atoms with Gasteiger partial charge in [-0.15, -0.1) is 0 Å². The number of hydrogen-bond donors (Lipinski definition) is 1. The molecule has 0 bridgehead atoms. The fourth-order valence-electron chi connectivity index (χ4n) is 2.13. The Morgan fingerprint density at radius 1 is 1.61 bits per heavy atom. The molecule has 18 heavy (non-hydrogen) atoms. The SMILES string of the molecule is CC1COC(Cl)CN1c1ncc2c(n1)CC(=O)N2. The number of ether oxygens (including phenoxy) is 1. The number of nitrogens with zero attached hydrogens (tertiary/aromatic N) is 3. The largest absolute Gasteiger partial charge is 0.358 e. The van der Waals surface area contributed by atoms with E-state index >= 15 is 0 Å². The highest BCUT2D eigenvalue weighted by Gasteiger charge is 2.28. The van der Waals surface area contributed by atoms with Gasteiger partial charge in [-0.05, 0) is 6.92 Å². The number of amides is 1. The number of rotatable bonds is 1. The van der Waals surface area contributed by atoms with Gasteiger partial charge >= 0.3 is 0 Å². The lowest BCUT2D eigenvalue weighted by molar-refractivity contribution is -0.115. The van der Waals surface area contributed by atoms with E-state index in [1.165, 1.54) is 0 Å². The van der Waals surface area contributed by atoms with Crippen molar-refractivity contribution in [2.24, 2.45) is 0 Å². The predicted molar refractivity (Wildman–Crippen MR) is 66.8 cm³/mol. The van der Waals surface area contributed by atoms with Crippen molar-refractivity contribution in [2.45, 2.75) is 24.9 Å². The molecule has 96 valence electrons. The number of anilines is 2. The van der Waals surface area contributed by atoms with Crippen LogP contribution < -0.4 is 10.2 Å². The van der Waals surface area contributed by atoms with E-state index in [1.54, 1.807) is 6.20 Å². The zero-order chi connectivity index (χ0) is 12.7. The number of nitrogens with one attached hydrogen (secondary N) is 1. The molecule has 1 amide bonds. The lowest BCUT2D eigenvalue weighted by Gasteiger charge is -2.35. The zero-order valence-electron chi connectivity index (χ0n) is 9.89. The van der Waals surface area contributed by atoms with E-state index in [0.29, 0.717) is 31.2 Å². The third-order valence-electron chi connectivity index (χ3n) is 3.10. The van der Waals surface area contributed by atoms with Crippen LogP contribution in [0.3, 0.4) is 0 Å². The summed E-state index contributed by atoms with van der Waals surface area (Å²) >= 11 is 5.98. The number of carbonyl (C=O) groups excluding carboxylic acids is 1. The summed E-state index contributed by atoms with van der Waals surface area (Å²) < 4.78 is 5.35. The molecule has 7 heteroatoms. The minimum atomic E-state index is -0.349. The third kappa shape index (κ3) is 2.02. The molecule has 1 saturated heterocycles. The average molecular weight is 269 g/mol. The highest BCUT2D eigenvalue weighted by atomic mass is 35.5. The van der Waals surface area contributed by atoms with Crippen LogP contribution in [0.1, 0.15) is 12.6 Å². The van der Waals surface area contributed by atoms with Gasteiger partial charge in [-0.3, -0.25) is 4.79 Å². The highest BCUT2D eigenvalue weighted by molar-refractivity contribution is 6.20. The summed E-state index contributed by atoms with van der Waals surface area (Å²) in [4.78, 5) is 22.0. The first-order valence-corrected chi connectivity index (χ1v) is 6.25. The molecular formula is C11H13ClN4O2. The molecule has 3 heterocycles. The second kappa shape index (κ2) is 4.37. The Kier molecular flexibility index (Phi) is 2.83. The maximum atomic E-state index is 11.3. The molecule has 0 aromatic carbocycles. The van der Waals surface area contributed by atoms with E-state index < -0.39 is 0 Å². The van der Waals surface area contributed by atoms with Gasteiger partial charge in [0.15, 0.2) is 0 Å². The van der Waals surface area contributed by atoms with Crippen molar-refractivity contribution in [3.05, 3.63) is 11.9 Å². The Labute approximate surface area is 109 Å². The van der Waals surface area contributed by atoms with Crippen LogP contribution in [-0.4, -0.2) is 40.6 Å². The van der Waals surface area contributed by atoms with Gasteiger partial charge in [-0.25, -0.2) is 9.97 Å². The van der Waals surface area contributed by atoms with Crippen molar-refractivity contribution in [1.29, 1.82) is 0 Å². The minimum absolute atomic E-state index is 0.0401. The molecule has 2 aliphatic rings. The molecule has 1 aromatic heterocycles. The van der Waals surface area contributed by atoms with Gasteiger partial charge in [0.25, 0.3) is 0 Å². The van der Waals surface area contributed by atoms with Gasteiger partial charge in [0.2, 0.25) is 11.9 Å². The van der Waals surface area contributed by atoms with E-state index in [-0.39, 0.29) is 17.5 Å². The second-order valence-electron chi connectivity index (χ2n) is 4.50. The summed E-state index contributed by atoms with van der Waals surface area (Å²) in [5.41, 5.74) is 1.10. The van der Waals surface area contributed by atoms with Crippen molar-refractivity contribution >= 4 is 29.1 Å². The summed E-state index contributed by atoms with van der Waals surface area (Å²) in [6, 6.07) is 0.170. The minimum Gasteiger partial charge on any atom is -0.358 e. The number of morpholine rings is 1. The van der Waals surface area contributed by atoms with Gasteiger partial charge in [0, 0.05) is 0 Å². The maximum absolute atomic E-state index is 11.3. The van der Waals surface area contributed by atoms with E-state index in [1.807, 2.05) is 11.8 Å². The number of carbonyl (C=O) groups is 1. The van der Waals surface area contributed by atoms with Crippen LogP contribution in [-0.2, 0) is 16.0 Å². The predicted octanol–water partition coefficient (Wildman–Crippen LogP) is 0.761. The molecule has 0 spiro atoms. The summed E-state index contributed by atoms with van der Waals surface area (Å²) in [6.07, 6.45) is 1.96. The molecule has 6 nitrogen and oxygen atoms in total. The highest BCUT2D eigenvalue weighted by Crippen LogP contribution is 2.25. The standard InChI is InChI=1S/C11H13ClN4O2/c1-6-5-18-9(12)4-16(6)11-13-3-8-7(15-11)2-10(17)14-8/h3,6,9H,2,4-5H2,1H3,(H,14,17). The van der Waals surface area contributed by atoms with Gasteiger partial charge < -0.3 is 15.0 Å². The second-order valence-corrected chi connectivity index (χ2v) is 4.99. The van der Waals surface area contributed by atoms with Crippen molar-refractivity contribution in [3.8, 4) is 0 Å². The normalized spacial score (nSPS) is 27.0. The molecular weight excluding hydrogens is 256 g/mol. The molecule has 1 aromatic rings. The molecule has 1 N–H and O–H groups in total. The quantitative estimate of drug-likeness (QED) is 0.762. The van der Waals surface area contributed by atoms with Crippen molar-refractivity contribution in [3.63, 3.8) is 0 Å². The Bertz CT molecular complexity index is 496. The van der Waals surface area contributed by atoms with Crippen LogP contribution in [0.4, 0.5) is 11.6 Å².